The summed E-state index contributed by atoms with van der Waals surface area (Å²) in [6.07, 6.45) is 4.63. The molecule has 0 spiro atoms. The molecular formula is C19H25Cl2NO3. The first kappa shape index (κ1) is 18.8. The van der Waals surface area contributed by atoms with Crippen molar-refractivity contribution in [3.63, 3.8) is 0 Å². The van der Waals surface area contributed by atoms with Gasteiger partial charge in [0.05, 0.1) is 12.7 Å². The lowest BCUT2D eigenvalue weighted by molar-refractivity contribution is -0.134. The Labute approximate surface area is 159 Å². The van der Waals surface area contributed by atoms with Gasteiger partial charge in [-0.2, -0.15) is 0 Å². The molecular weight excluding hydrogens is 361 g/mol. The van der Waals surface area contributed by atoms with Gasteiger partial charge in [0.1, 0.15) is 5.75 Å². The van der Waals surface area contributed by atoms with Gasteiger partial charge in [-0.05, 0) is 63.1 Å². The molecule has 2 fully saturated rings. The van der Waals surface area contributed by atoms with Crippen molar-refractivity contribution in [2.24, 2.45) is 5.92 Å². The average molecular weight is 386 g/mol. The quantitative estimate of drug-likeness (QED) is 0.848. The highest BCUT2D eigenvalue weighted by molar-refractivity contribution is 6.36. The summed E-state index contributed by atoms with van der Waals surface area (Å²) < 4.78 is 5.17. The van der Waals surface area contributed by atoms with Crippen LogP contribution in [0, 0.1) is 5.92 Å². The molecule has 1 saturated carbocycles. The minimum Gasteiger partial charge on any atom is -0.497 e. The van der Waals surface area contributed by atoms with E-state index in [1.54, 1.807) is 19.2 Å². The average Bonchev–Trinajstić information content (AvgIpc) is 2.91. The molecule has 1 aromatic carbocycles. The van der Waals surface area contributed by atoms with Crippen LogP contribution in [0.3, 0.4) is 0 Å². The zero-order valence-corrected chi connectivity index (χ0v) is 16.2. The number of ether oxygens (including phenoxy) is 1. The molecule has 1 atom stereocenters. The first-order valence-corrected chi connectivity index (χ1v) is 9.61. The minimum atomic E-state index is -0.581. The van der Waals surface area contributed by atoms with Gasteiger partial charge < -0.3 is 14.7 Å². The lowest BCUT2D eigenvalue weighted by Gasteiger charge is -2.37. The first-order chi connectivity index (χ1) is 11.8. The third-order valence-electron chi connectivity index (χ3n) is 5.62. The molecule has 0 bridgehead atoms. The Morgan fingerprint density at radius 2 is 1.84 bits per heavy atom. The molecule has 1 N–H and O–H groups in total. The second-order valence-corrected chi connectivity index (χ2v) is 8.33. The smallest absolute Gasteiger partial charge is 0.226 e. The number of halogens is 2. The van der Waals surface area contributed by atoms with E-state index >= 15 is 0 Å². The number of benzene rings is 1. The Kier molecular flexibility index (Phi) is 5.52. The number of aliphatic hydroxyl groups is 1. The maximum Gasteiger partial charge on any atom is 0.226 e. The number of amides is 1. The highest BCUT2D eigenvalue weighted by Gasteiger charge is 2.39. The van der Waals surface area contributed by atoms with Gasteiger partial charge in [0.2, 0.25) is 5.91 Å². The van der Waals surface area contributed by atoms with E-state index in [-0.39, 0.29) is 17.9 Å². The molecule has 138 valence electrons. The van der Waals surface area contributed by atoms with Crippen LogP contribution < -0.4 is 4.74 Å². The van der Waals surface area contributed by atoms with Crippen molar-refractivity contribution in [2.45, 2.75) is 57.1 Å². The number of rotatable bonds is 4. The zero-order chi connectivity index (χ0) is 18.2. The van der Waals surface area contributed by atoms with Gasteiger partial charge >= 0.3 is 0 Å². The van der Waals surface area contributed by atoms with Gasteiger partial charge in [0.15, 0.2) is 0 Å². The summed E-state index contributed by atoms with van der Waals surface area (Å²) in [5.41, 5.74) is 0.235. The Hall–Kier alpha value is -0.970. The summed E-state index contributed by atoms with van der Waals surface area (Å²) in [4.78, 5) is 14.9. The third-order valence-corrected chi connectivity index (χ3v) is 6.30. The van der Waals surface area contributed by atoms with Gasteiger partial charge in [-0.3, -0.25) is 4.79 Å². The maximum atomic E-state index is 12.9. The Morgan fingerprint density at radius 1 is 1.24 bits per heavy atom. The van der Waals surface area contributed by atoms with E-state index in [0.29, 0.717) is 22.2 Å². The lowest BCUT2D eigenvalue weighted by Crippen LogP contribution is -2.43. The Bertz CT molecular complexity index is 629. The molecule has 0 aromatic heterocycles. The second-order valence-electron chi connectivity index (χ2n) is 7.52. The van der Waals surface area contributed by atoms with E-state index in [1.165, 1.54) is 0 Å². The Morgan fingerprint density at radius 3 is 2.40 bits per heavy atom. The van der Waals surface area contributed by atoms with Crippen LogP contribution >= 0.6 is 23.2 Å². The molecule has 1 aliphatic heterocycles. The number of hydrogen-bond donors (Lipinski definition) is 1. The Balaban J connectivity index is 1.67. The molecule has 6 heteroatoms. The van der Waals surface area contributed by atoms with Crippen molar-refractivity contribution in [2.75, 3.05) is 13.7 Å². The zero-order valence-electron chi connectivity index (χ0n) is 14.7. The van der Waals surface area contributed by atoms with Crippen molar-refractivity contribution in [3.05, 3.63) is 27.7 Å². The monoisotopic (exact) mass is 385 g/mol. The van der Waals surface area contributed by atoms with E-state index in [9.17, 15) is 9.90 Å². The van der Waals surface area contributed by atoms with Crippen LogP contribution in [0.15, 0.2) is 12.1 Å². The molecule has 1 heterocycles. The molecule has 3 rings (SSSR count). The topological polar surface area (TPSA) is 49.8 Å². The SMILES string of the molecule is COc1cc(Cl)c(CC2CCN(C3CCC(C)(O)CC3)C2=O)c(Cl)c1. The van der Waals surface area contributed by atoms with Crippen LogP contribution in [0.1, 0.15) is 44.6 Å². The fraction of sp³-hybridized carbons (Fsp3) is 0.632. The van der Waals surface area contributed by atoms with Gasteiger partial charge in [-0.15, -0.1) is 0 Å². The molecule has 0 radical (unpaired) electrons. The van der Waals surface area contributed by atoms with Gasteiger partial charge in [-0.1, -0.05) is 23.2 Å². The van der Waals surface area contributed by atoms with Crippen LogP contribution in [-0.2, 0) is 11.2 Å². The molecule has 1 unspecified atom stereocenters. The van der Waals surface area contributed by atoms with Gasteiger partial charge in [-0.25, -0.2) is 0 Å². The van der Waals surface area contributed by atoms with E-state index < -0.39 is 5.60 Å². The number of methoxy groups -OCH3 is 1. The molecule has 1 aliphatic carbocycles. The van der Waals surface area contributed by atoms with Crippen LogP contribution in [0.4, 0.5) is 0 Å². The summed E-state index contributed by atoms with van der Waals surface area (Å²) in [6, 6.07) is 3.73. The normalized spacial score (nSPS) is 30.0. The molecule has 4 nitrogen and oxygen atoms in total. The lowest BCUT2D eigenvalue weighted by atomic mass is 9.83. The number of likely N-dealkylation sites (tertiary alicyclic amines) is 1. The molecule has 25 heavy (non-hydrogen) atoms. The van der Waals surface area contributed by atoms with E-state index in [4.69, 9.17) is 27.9 Å². The summed E-state index contributed by atoms with van der Waals surface area (Å²) in [5, 5.41) is 11.2. The predicted octanol–water partition coefficient (Wildman–Crippen LogP) is 4.09. The molecule has 1 aromatic rings. The maximum absolute atomic E-state index is 12.9. The largest absolute Gasteiger partial charge is 0.497 e. The van der Waals surface area contributed by atoms with Gasteiger partial charge in [0, 0.05) is 28.5 Å². The van der Waals surface area contributed by atoms with E-state index in [0.717, 1.165) is 44.2 Å². The van der Waals surface area contributed by atoms with E-state index in [2.05, 4.69) is 0 Å². The number of carbonyl (C=O) groups excluding carboxylic acids is 1. The van der Waals surface area contributed by atoms with Crippen LogP contribution in [0.5, 0.6) is 5.75 Å². The fourth-order valence-corrected chi connectivity index (χ4v) is 4.61. The summed E-state index contributed by atoms with van der Waals surface area (Å²) in [7, 11) is 1.57. The van der Waals surface area contributed by atoms with E-state index in [1.807, 2.05) is 11.8 Å². The highest BCUT2D eigenvalue weighted by Crippen LogP contribution is 2.37. The minimum absolute atomic E-state index is 0.0779. The summed E-state index contributed by atoms with van der Waals surface area (Å²) in [6.45, 7) is 2.66. The summed E-state index contributed by atoms with van der Waals surface area (Å²) in [5.74, 6) is 0.729. The first-order valence-electron chi connectivity index (χ1n) is 8.85. The van der Waals surface area contributed by atoms with Crippen molar-refractivity contribution in [3.8, 4) is 5.75 Å². The van der Waals surface area contributed by atoms with Crippen molar-refractivity contribution < 1.29 is 14.6 Å². The molecule has 1 saturated heterocycles. The number of carbonyl (C=O) groups is 1. The highest BCUT2D eigenvalue weighted by atomic mass is 35.5. The van der Waals surface area contributed by atoms with Crippen molar-refractivity contribution in [1.82, 2.24) is 4.90 Å². The summed E-state index contributed by atoms with van der Waals surface area (Å²) >= 11 is 12.7. The van der Waals surface area contributed by atoms with Crippen molar-refractivity contribution in [1.29, 1.82) is 0 Å². The fourth-order valence-electron chi connectivity index (χ4n) is 3.99. The standard InChI is InChI=1S/C19H25Cl2NO3/c1-19(24)6-3-13(4-7-19)22-8-5-12(18(22)23)9-15-16(20)10-14(25-2)11-17(15)21/h10-13,24H,3-9H2,1-2H3. The van der Waals surface area contributed by atoms with Crippen LogP contribution in [0.2, 0.25) is 10.0 Å². The molecule has 2 aliphatic rings. The second kappa shape index (κ2) is 7.34. The third kappa shape index (κ3) is 4.07. The number of nitrogens with zero attached hydrogens (tertiary/aromatic N) is 1. The van der Waals surface area contributed by atoms with Crippen LogP contribution in [0.25, 0.3) is 0 Å². The molecule has 1 amide bonds. The number of hydrogen-bond acceptors (Lipinski definition) is 3. The van der Waals surface area contributed by atoms with Gasteiger partial charge in [0.25, 0.3) is 0 Å². The predicted molar refractivity (Wildman–Crippen MR) is 99.4 cm³/mol. The van der Waals surface area contributed by atoms with Crippen molar-refractivity contribution >= 4 is 29.1 Å². The van der Waals surface area contributed by atoms with Crippen LogP contribution in [-0.4, -0.2) is 41.2 Å².